The van der Waals surface area contributed by atoms with Crippen LogP contribution in [0.5, 0.6) is 0 Å². The molecule has 5 rings (SSSR count). The summed E-state index contributed by atoms with van der Waals surface area (Å²) in [5, 5.41) is 32.5. The molecular formula is C45H84N8O4. The highest BCUT2D eigenvalue weighted by Crippen LogP contribution is 2.47. The minimum absolute atomic E-state index is 0.0640. The normalized spacial score (nSPS) is 24.9. The van der Waals surface area contributed by atoms with Crippen LogP contribution in [-0.4, -0.2) is 108 Å². The molecule has 0 bridgehead atoms. The lowest BCUT2D eigenvalue weighted by Gasteiger charge is -2.56. The van der Waals surface area contributed by atoms with Crippen molar-refractivity contribution in [3.8, 4) is 0 Å². The zero-order chi connectivity index (χ0) is 41.4. The Kier molecular flexibility index (Phi) is 16.3. The Morgan fingerprint density at radius 2 is 0.947 bits per heavy atom. The fourth-order valence-corrected chi connectivity index (χ4v) is 11.5. The number of nitrogens with zero attached hydrogens (tertiary/aromatic N) is 6. The number of aliphatic hydroxyl groups excluding tert-OH is 2. The number of hydrogen-bond acceptors (Lipinski definition) is 12. The summed E-state index contributed by atoms with van der Waals surface area (Å²) >= 11 is 0. The molecule has 2 atom stereocenters. The van der Waals surface area contributed by atoms with Crippen molar-refractivity contribution in [1.82, 2.24) is 25.1 Å². The van der Waals surface area contributed by atoms with Crippen LogP contribution in [0, 0.1) is 11.8 Å². The lowest BCUT2D eigenvalue weighted by atomic mass is 9.71. The Bertz CT molecular complexity index is 1230. The summed E-state index contributed by atoms with van der Waals surface area (Å²) in [4.78, 5) is 30.7. The van der Waals surface area contributed by atoms with Crippen LogP contribution < -0.4 is 15.5 Å². The van der Waals surface area contributed by atoms with Gasteiger partial charge in [0.25, 0.3) is 0 Å². The van der Waals surface area contributed by atoms with Crippen LogP contribution >= 0.6 is 0 Å². The van der Waals surface area contributed by atoms with E-state index < -0.39 is 0 Å². The first-order valence-corrected chi connectivity index (χ1v) is 23.2. The van der Waals surface area contributed by atoms with E-state index in [4.69, 9.17) is 24.6 Å². The summed E-state index contributed by atoms with van der Waals surface area (Å²) in [5.74, 6) is 2.32. The van der Waals surface area contributed by atoms with E-state index in [0.717, 1.165) is 77.0 Å². The molecular weight excluding hydrogens is 717 g/mol. The van der Waals surface area contributed by atoms with Crippen LogP contribution in [0.1, 0.15) is 185 Å². The van der Waals surface area contributed by atoms with Crippen LogP contribution in [0.3, 0.4) is 0 Å². The van der Waals surface area contributed by atoms with Crippen molar-refractivity contribution in [2.75, 3.05) is 41.8 Å². The maximum atomic E-state index is 10.0. The minimum atomic E-state index is -0.139. The van der Waals surface area contributed by atoms with Crippen molar-refractivity contribution in [3.05, 3.63) is 0 Å². The van der Waals surface area contributed by atoms with Crippen molar-refractivity contribution in [2.24, 2.45) is 11.8 Å². The molecule has 3 heterocycles. The van der Waals surface area contributed by atoms with E-state index >= 15 is 0 Å². The molecule has 1 aromatic heterocycles. The Hall–Kier alpha value is -1.83. The summed E-state index contributed by atoms with van der Waals surface area (Å²) in [5.41, 5.74) is -0.558. The predicted molar refractivity (Wildman–Crippen MR) is 232 cm³/mol. The summed E-state index contributed by atoms with van der Waals surface area (Å²) in [7, 11) is 0. The van der Waals surface area contributed by atoms with Gasteiger partial charge in [-0.15, -0.1) is 0 Å². The van der Waals surface area contributed by atoms with Gasteiger partial charge in [0.1, 0.15) is 0 Å². The predicted octanol–water partition coefficient (Wildman–Crippen LogP) is 8.89. The first-order chi connectivity index (χ1) is 27.0. The molecule has 328 valence electrons. The highest BCUT2D eigenvalue weighted by molar-refractivity contribution is 5.45. The van der Waals surface area contributed by atoms with Gasteiger partial charge in [0, 0.05) is 47.3 Å². The number of hydrogen-bond donors (Lipinski definition) is 4. The topological polar surface area (TPSA) is 131 Å². The number of piperidine rings is 2. The Morgan fingerprint density at radius 3 is 1.26 bits per heavy atom. The second-order valence-electron chi connectivity index (χ2n) is 20.7. The number of aromatic nitrogens is 3. The van der Waals surface area contributed by atoms with Gasteiger partial charge in [-0.2, -0.15) is 25.1 Å². The Balaban J connectivity index is 1.40. The summed E-state index contributed by atoms with van der Waals surface area (Å²) in [6, 6.07) is 0.304. The molecule has 4 fully saturated rings. The Labute approximate surface area is 346 Å². The van der Waals surface area contributed by atoms with E-state index in [1.807, 2.05) is 4.90 Å². The molecule has 0 spiro atoms. The van der Waals surface area contributed by atoms with Crippen molar-refractivity contribution in [2.45, 2.75) is 231 Å². The van der Waals surface area contributed by atoms with Gasteiger partial charge in [-0.1, -0.05) is 65.2 Å². The average molecular weight is 801 g/mol. The SMILES string of the molecule is CCCC(Nc1nc(NC(CCC)C2CC(C)(C)N(OC3CCCCC3)C(C)(C)C2)nc(N(CCO)CCO)n1)C1CC(C)(C)N(OC2CCCCC2)C(C)(C)C1. The third-order valence-corrected chi connectivity index (χ3v) is 13.5. The zero-order valence-corrected chi connectivity index (χ0v) is 37.9. The maximum absolute atomic E-state index is 10.0. The first kappa shape index (κ1) is 46.2. The van der Waals surface area contributed by atoms with Crippen LogP contribution in [0.25, 0.3) is 0 Å². The number of nitrogens with one attached hydrogen (secondary N) is 2. The minimum Gasteiger partial charge on any atom is -0.395 e. The molecule has 0 amide bonds. The van der Waals surface area contributed by atoms with E-state index in [2.05, 4.69) is 90.0 Å². The molecule has 2 aliphatic heterocycles. The Morgan fingerprint density at radius 1 is 0.596 bits per heavy atom. The largest absolute Gasteiger partial charge is 0.395 e. The zero-order valence-electron chi connectivity index (χ0n) is 37.9. The highest BCUT2D eigenvalue weighted by Gasteiger charge is 2.50. The van der Waals surface area contributed by atoms with E-state index in [-0.39, 0.29) is 47.5 Å². The van der Waals surface area contributed by atoms with Crippen LogP contribution in [0.15, 0.2) is 0 Å². The smallest absolute Gasteiger partial charge is 0.232 e. The molecule has 0 aromatic carbocycles. The second kappa shape index (κ2) is 20.2. The van der Waals surface area contributed by atoms with Crippen molar-refractivity contribution in [1.29, 1.82) is 0 Å². The van der Waals surface area contributed by atoms with Gasteiger partial charge < -0.3 is 25.7 Å². The lowest BCUT2D eigenvalue weighted by Crippen LogP contribution is -2.63. The van der Waals surface area contributed by atoms with Gasteiger partial charge in [0.15, 0.2) is 0 Å². The van der Waals surface area contributed by atoms with E-state index in [1.54, 1.807) is 0 Å². The molecule has 57 heavy (non-hydrogen) atoms. The van der Waals surface area contributed by atoms with Gasteiger partial charge in [-0.05, 0) is 131 Å². The molecule has 4 aliphatic rings. The third kappa shape index (κ3) is 12.1. The number of hydroxylamine groups is 4. The van der Waals surface area contributed by atoms with Crippen molar-refractivity contribution in [3.63, 3.8) is 0 Å². The molecule has 0 radical (unpaired) electrons. The van der Waals surface area contributed by atoms with Crippen molar-refractivity contribution >= 4 is 17.8 Å². The maximum Gasteiger partial charge on any atom is 0.232 e. The highest BCUT2D eigenvalue weighted by atomic mass is 16.7. The molecule has 12 heteroatoms. The molecule has 2 saturated heterocycles. The summed E-state index contributed by atoms with van der Waals surface area (Å²) < 4.78 is 0. The molecule has 1 aromatic rings. The first-order valence-electron chi connectivity index (χ1n) is 23.2. The molecule has 2 unspecified atom stereocenters. The van der Waals surface area contributed by atoms with Gasteiger partial charge in [0.05, 0.1) is 25.4 Å². The van der Waals surface area contributed by atoms with Gasteiger partial charge >= 0.3 is 0 Å². The van der Waals surface area contributed by atoms with E-state index in [1.165, 1.54) is 38.5 Å². The standard InChI is InChI=1S/C45H84N8O4/c1-11-19-37(33-29-42(3,4)52(43(5,6)30-33)56-35-21-15-13-16-22-35)46-39-48-40(50-41(49-39)51(25-27-54)26-28-55)47-38(20-12-2)34-31-44(7,8)53(45(9,10)32-34)57-36-23-17-14-18-24-36/h33-38,54-55H,11-32H2,1-10H3,(H2,46,47,48,49,50). The van der Waals surface area contributed by atoms with E-state index in [0.29, 0.717) is 55.0 Å². The number of aliphatic hydroxyl groups is 2. The molecule has 2 aliphatic carbocycles. The molecule has 4 N–H and O–H groups in total. The van der Waals surface area contributed by atoms with Crippen LogP contribution in [-0.2, 0) is 9.68 Å². The fraction of sp³-hybridized carbons (Fsp3) is 0.933. The average Bonchev–Trinajstić information content (AvgIpc) is 3.14. The monoisotopic (exact) mass is 801 g/mol. The van der Waals surface area contributed by atoms with Crippen LogP contribution in [0.2, 0.25) is 0 Å². The van der Waals surface area contributed by atoms with Crippen LogP contribution in [0.4, 0.5) is 17.8 Å². The number of anilines is 3. The van der Waals surface area contributed by atoms with Crippen molar-refractivity contribution < 1.29 is 19.9 Å². The molecule has 2 saturated carbocycles. The van der Waals surface area contributed by atoms with Gasteiger partial charge in [0.2, 0.25) is 17.8 Å². The number of rotatable bonds is 19. The quantitative estimate of drug-likeness (QED) is 0.107. The third-order valence-electron chi connectivity index (χ3n) is 13.5. The lowest BCUT2D eigenvalue weighted by molar-refractivity contribution is -0.314. The van der Waals surface area contributed by atoms with E-state index in [9.17, 15) is 10.2 Å². The summed E-state index contributed by atoms with van der Waals surface area (Å²) in [6.45, 7) is 23.8. The fourth-order valence-electron chi connectivity index (χ4n) is 11.5. The van der Waals surface area contributed by atoms with Gasteiger partial charge in [-0.25, -0.2) is 0 Å². The summed E-state index contributed by atoms with van der Waals surface area (Å²) in [6.07, 6.45) is 20.9. The van der Waals surface area contributed by atoms with Gasteiger partial charge in [-0.3, -0.25) is 9.68 Å². The second-order valence-corrected chi connectivity index (χ2v) is 20.7. The molecule has 12 nitrogen and oxygen atoms in total.